The first-order valence-electron chi connectivity index (χ1n) is 9.39. The lowest BCUT2D eigenvalue weighted by molar-refractivity contribution is -0.140. The summed E-state index contributed by atoms with van der Waals surface area (Å²) in [5.41, 5.74) is 8.54. The molecule has 1 aromatic heterocycles. The number of nitrogen functional groups attached to an aromatic ring is 1. The molecule has 30 heavy (non-hydrogen) atoms. The van der Waals surface area contributed by atoms with Gasteiger partial charge in [0.1, 0.15) is 12.6 Å². The lowest BCUT2D eigenvalue weighted by atomic mass is 10.1. The third-order valence-electron chi connectivity index (χ3n) is 4.74. The molecule has 2 heterocycles. The largest absolute Gasteiger partial charge is 0.480 e. The number of pyridine rings is 1. The molecule has 0 radical (unpaired) electrons. The summed E-state index contributed by atoms with van der Waals surface area (Å²) in [5.74, 6) is -1.28. The number of carboxylic acids is 1. The Morgan fingerprint density at radius 2 is 1.83 bits per heavy atom. The van der Waals surface area contributed by atoms with Gasteiger partial charge >= 0.3 is 11.9 Å². The van der Waals surface area contributed by atoms with E-state index in [-0.39, 0.29) is 11.7 Å². The molecule has 0 saturated heterocycles. The number of nitrogens with zero attached hydrogens (tertiary/aromatic N) is 1. The number of aliphatic carboxylic acids is 1. The van der Waals surface area contributed by atoms with E-state index in [1.807, 2.05) is 48.5 Å². The monoisotopic (exact) mass is 406 g/mol. The summed E-state index contributed by atoms with van der Waals surface area (Å²) in [6, 6.07) is 19.2. The van der Waals surface area contributed by atoms with E-state index in [2.05, 4.69) is 0 Å². The number of aromatic nitrogens is 1. The summed E-state index contributed by atoms with van der Waals surface area (Å²) in [6.45, 7) is 1.89. The second-order valence-electron chi connectivity index (χ2n) is 6.91. The molecule has 0 fully saturated rings. The van der Waals surface area contributed by atoms with Gasteiger partial charge in [-0.15, -0.1) is 0 Å². The Kier molecular flexibility index (Phi) is 6.32. The van der Waals surface area contributed by atoms with Crippen LogP contribution in [0.1, 0.15) is 40.1 Å². The van der Waals surface area contributed by atoms with Crippen LogP contribution in [0, 0.1) is 0 Å². The summed E-state index contributed by atoms with van der Waals surface area (Å²) >= 11 is 0. The van der Waals surface area contributed by atoms with Gasteiger partial charge in [0.25, 0.3) is 5.56 Å². The van der Waals surface area contributed by atoms with Gasteiger partial charge in [-0.3, -0.25) is 9.36 Å². The Labute approximate surface area is 173 Å². The normalized spacial score (nSPS) is 12.9. The van der Waals surface area contributed by atoms with Crippen LogP contribution in [0.25, 0.3) is 0 Å². The van der Waals surface area contributed by atoms with Gasteiger partial charge in [0, 0.05) is 12.1 Å². The van der Waals surface area contributed by atoms with E-state index >= 15 is 0 Å². The maximum absolute atomic E-state index is 12.1. The average Bonchev–Trinajstić information content (AvgIpc) is 2.75. The van der Waals surface area contributed by atoms with Gasteiger partial charge in [0.15, 0.2) is 0 Å². The van der Waals surface area contributed by atoms with Gasteiger partial charge in [-0.2, -0.15) is 0 Å². The lowest BCUT2D eigenvalue weighted by Crippen LogP contribution is -2.32. The fourth-order valence-electron chi connectivity index (χ4n) is 3.11. The average molecular weight is 406 g/mol. The first-order chi connectivity index (χ1) is 14.4. The van der Waals surface area contributed by atoms with Crippen LogP contribution in [0.15, 0.2) is 71.5 Å². The van der Waals surface area contributed by atoms with Crippen molar-refractivity contribution in [1.29, 1.82) is 0 Å². The van der Waals surface area contributed by atoms with E-state index in [4.69, 9.17) is 15.6 Å². The van der Waals surface area contributed by atoms with E-state index in [1.165, 1.54) is 17.6 Å². The minimum Gasteiger partial charge on any atom is -0.480 e. The summed E-state index contributed by atoms with van der Waals surface area (Å²) < 4.78 is 6.06. The number of ether oxygens (including phenoxy) is 1. The molecule has 2 aromatic carbocycles. The topological polar surface area (TPSA) is 112 Å². The van der Waals surface area contributed by atoms with Crippen LogP contribution in [-0.4, -0.2) is 21.6 Å². The number of fused-ring (bicyclic) bond motifs is 2. The first kappa shape index (κ1) is 20.9. The fourth-order valence-corrected chi connectivity index (χ4v) is 3.11. The van der Waals surface area contributed by atoms with Crippen molar-refractivity contribution in [2.24, 2.45) is 0 Å². The number of nitrogens with two attached hydrogens (primary N) is 1. The van der Waals surface area contributed by atoms with Crippen molar-refractivity contribution in [3.63, 3.8) is 0 Å². The Morgan fingerprint density at radius 1 is 1.10 bits per heavy atom. The van der Waals surface area contributed by atoms with Crippen molar-refractivity contribution in [2.45, 2.75) is 26.0 Å². The molecule has 0 aliphatic carbocycles. The number of carbonyl (C=O) groups is 2. The number of hydrogen-bond donors (Lipinski definition) is 2. The van der Waals surface area contributed by atoms with Crippen molar-refractivity contribution >= 4 is 17.6 Å². The van der Waals surface area contributed by atoms with Gasteiger partial charge in [0.2, 0.25) is 0 Å². The van der Waals surface area contributed by atoms with E-state index < -0.39 is 17.6 Å². The zero-order chi connectivity index (χ0) is 21.7. The van der Waals surface area contributed by atoms with Crippen molar-refractivity contribution in [3.8, 4) is 0 Å². The predicted molar refractivity (Wildman–Crippen MR) is 112 cm³/mol. The molecule has 0 saturated carbocycles. The number of benzene rings is 2. The fraction of sp³-hybridized carbons (Fsp3) is 0.174. The van der Waals surface area contributed by atoms with E-state index in [0.29, 0.717) is 24.3 Å². The van der Waals surface area contributed by atoms with Crippen LogP contribution in [0.2, 0.25) is 0 Å². The molecule has 1 aliphatic rings. The number of hydrogen-bond acceptors (Lipinski definition) is 5. The highest BCUT2D eigenvalue weighted by atomic mass is 16.5. The number of carboxylic acid groups (broad SMARTS) is 1. The summed E-state index contributed by atoms with van der Waals surface area (Å²) in [5, 5.41) is 9.14. The summed E-state index contributed by atoms with van der Waals surface area (Å²) in [7, 11) is 0. The maximum atomic E-state index is 12.1. The van der Waals surface area contributed by atoms with Crippen LogP contribution >= 0.6 is 0 Å². The van der Waals surface area contributed by atoms with Crippen molar-refractivity contribution < 1.29 is 19.4 Å². The van der Waals surface area contributed by atoms with Gasteiger partial charge < -0.3 is 15.6 Å². The van der Waals surface area contributed by atoms with Crippen LogP contribution in [0.5, 0.6) is 0 Å². The minimum atomic E-state index is -1.06. The van der Waals surface area contributed by atoms with Crippen LogP contribution in [-0.2, 0) is 22.6 Å². The Morgan fingerprint density at radius 3 is 2.50 bits per heavy atom. The van der Waals surface area contributed by atoms with Crippen molar-refractivity contribution in [1.82, 2.24) is 4.57 Å². The standard InChI is InChI=1S/C15H16N2O3.C8H6O2/c1-10(15(19)20)17-12(7-8-13(16)14(17)18)9-11-5-3-2-4-6-11;9-8-7-3-1-2-6(4-7)5-10-8/h2-8,10H,9,16H2,1H3,(H,19,20);1-4H,5H2. The lowest BCUT2D eigenvalue weighted by Gasteiger charge is -2.17. The smallest absolute Gasteiger partial charge is 0.338 e. The second kappa shape index (κ2) is 9.09. The molecule has 1 unspecified atom stereocenters. The van der Waals surface area contributed by atoms with Crippen LogP contribution < -0.4 is 11.3 Å². The van der Waals surface area contributed by atoms with Gasteiger partial charge in [-0.05, 0) is 42.3 Å². The molecule has 3 aromatic rings. The van der Waals surface area contributed by atoms with Gasteiger partial charge in [-0.1, -0.05) is 42.5 Å². The third kappa shape index (κ3) is 4.75. The van der Waals surface area contributed by atoms with Crippen LogP contribution in [0.4, 0.5) is 5.69 Å². The third-order valence-corrected chi connectivity index (χ3v) is 4.74. The molecule has 7 nitrogen and oxygen atoms in total. The number of cyclic esters (lactones) is 1. The van der Waals surface area contributed by atoms with Gasteiger partial charge in [-0.25, -0.2) is 9.59 Å². The maximum Gasteiger partial charge on any atom is 0.338 e. The molecule has 1 aliphatic heterocycles. The zero-order valence-corrected chi connectivity index (χ0v) is 16.4. The quantitative estimate of drug-likeness (QED) is 0.644. The Bertz CT molecular complexity index is 1120. The second-order valence-corrected chi connectivity index (χ2v) is 6.91. The molecule has 0 amide bonds. The molecule has 3 N–H and O–H groups in total. The van der Waals surface area contributed by atoms with Crippen molar-refractivity contribution in [3.05, 3.63) is 99.5 Å². The molecule has 4 rings (SSSR count). The summed E-state index contributed by atoms with van der Waals surface area (Å²) in [4.78, 5) is 34.1. The highest BCUT2D eigenvalue weighted by Crippen LogP contribution is 2.15. The molecule has 154 valence electrons. The highest BCUT2D eigenvalue weighted by molar-refractivity contribution is 5.90. The number of esters is 1. The number of anilines is 1. The Balaban J connectivity index is 0.000000212. The van der Waals surface area contributed by atoms with Gasteiger partial charge in [0.05, 0.1) is 11.3 Å². The molecular weight excluding hydrogens is 384 g/mol. The summed E-state index contributed by atoms with van der Waals surface area (Å²) in [6.07, 6.45) is 0.480. The zero-order valence-electron chi connectivity index (χ0n) is 16.4. The number of rotatable bonds is 4. The van der Waals surface area contributed by atoms with E-state index in [1.54, 1.807) is 12.1 Å². The first-order valence-corrected chi connectivity index (χ1v) is 9.39. The Hall–Kier alpha value is -3.87. The van der Waals surface area contributed by atoms with E-state index in [9.17, 15) is 14.4 Å². The molecule has 0 spiro atoms. The number of carbonyl (C=O) groups excluding carboxylic acids is 1. The molecule has 2 bridgehead atoms. The predicted octanol–water partition coefficient (Wildman–Crippen LogP) is 3.02. The van der Waals surface area contributed by atoms with E-state index in [0.717, 1.165) is 11.1 Å². The van der Waals surface area contributed by atoms with Crippen molar-refractivity contribution in [2.75, 3.05) is 5.73 Å². The van der Waals surface area contributed by atoms with Crippen LogP contribution in [0.3, 0.4) is 0 Å². The highest BCUT2D eigenvalue weighted by Gasteiger charge is 2.19. The molecule has 7 heteroatoms. The molecular formula is C23H22N2O5. The molecule has 1 atom stereocenters. The SMILES string of the molecule is CC(C(=O)O)n1c(Cc2ccccc2)ccc(N)c1=O.O=C1OCc2cccc1c2. The minimum absolute atomic E-state index is 0.0508.